The number of amides is 2. The summed E-state index contributed by atoms with van der Waals surface area (Å²) in [7, 11) is 1.54. The molecule has 2 aliphatic heterocycles. The van der Waals surface area contributed by atoms with Crippen molar-refractivity contribution in [2.75, 3.05) is 12.1 Å². The van der Waals surface area contributed by atoms with Crippen molar-refractivity contribution in [2.45, 2.75) is 37.5 Å². The molecule has 2 aromatic carbocycles. The molecule has 0 saturated carbocycles. The van der Waals surface area contributed by atoms with Crippen molar-refractivity contribution in [2.24, 2.45) is 11.8 Å². The summed E-state index contributed by atoms with van der Waals surface area (Å²) in [5, 5.41) is 15.5. The smallest absolute Gasteiger partial charge is 0.249 e. The summed E-state index contributed by atoms with van der Waals surface area (Å²) >= 11 is 0. The van der Waals surface area contributed by atoms with Gasteiger partial charge < -0.3 is 5.11 Å². The minimum atomic E-state index is -0.716. The maximum Gasteiger partial charge on any atom is 0.249 e. The van der Waals surface area contributed by atoms with Gasteiger partial charge in [-0.05, 0) is 49.4 Å². The molecule has 5 rings (SSSR count). The van der Waals surface area contributed by atoms with Crippen LogP contribution >= 0.6 is 0 Å². The highest BCUT2D eigenvalue weighted by Gasteiger charge is 2.54. The van der Waals surface area contributed by atoms with Crippen molar-refractivity contribution >= 4 is 23.2 Å². The van der Waals surface area contributed by atoms with Crippen LogP contribution in [0.1, 0.15) is 19.3 Å². The minimum absolute atomic E-state index is 0.0852. The first-order valence-corrected chi connectivity index (χ1v) is 11.6. The molecule has 5 unspecified atom stereocenters. The van der Waals surface area contributed by atoms with E-state index in [1.54, 1.807) is 7.05 Å². The Morgan fingerprint density at radius 2 is 1.55 bits per heavy atom. The second-order valence-electron chi connectivity index (χ2n) is 8.98. The van der Waals surface area contributed by atoms with Crippen LogP contribution in [0, 0.1) is 11.8 Å². The number of hydrogen-bond acceptors (Lipinski definition) is 5. The number of benzene rings is 2. The SMILES string of the molecule is CN1C(=O)C2C=CC(C(O)C3CC=CCC3)N(N(c3ccccc3)c3ccccc3)C2C1=O. The third kappa shape index (κ3) is 3.79. The van der Waals surface area contributed by atoms with Crippen molar-refractivity contribution in [3.05, 3.63) is 85.0 Å². The summed E-state index contributed by atoms with van der Waals surface area (Å²) in [5.41, 5.74) is 1.74. The number of para-hydroxylation sites is 2. The number of carbonyl (C=O) groups is 2. The maximum atomic E-state index is 13.4. The number of anilines is 2. The van der Waals surface area contributed by atoms with Gasteiger partial charge >= 0.3 is 0 Å². The Hall–Kier alpha value is -3.22. The number of fused-ring (bicyclic) bond motifs is 1. The fraction of sp³-hybridized carbons (Fsp3) is 0.333. The molecule has 6 heteroatoms. The topological polar surface area (TPSA) is 64.1 Å². The molecule has 1 aliphatic carbocycles. The van der Waals surface area contributed by atoms with Gasteiger partial charge in [0.25, 0.3) is 0 Å². The van der Waals surface area contributed by atoms with Gasteiger partial charge in [0.2, 0.25) is 11.8 Å². The number of likely N-dealkylation sites (tertiary alicyclic amines) is 1. The van der Waals surface area contributed by atoms with E-state index in [4.69, 9.17) is 0 Å². The summed E-state index contributed by atoms with van der Waals surface area (Å²) < 4.78 is 0. The second-order valence-corrected chi connectivity index (χ2v) is 8.98. The quantitative estimate of drug-likeness (QED) is 0.564. The molecule has 1 fully saturated rings. The zero-order valence-electron chi connectivity index (χ0n) is 18.7. The molecule has 0 bridgehead atoms. The van der Waals surface area contributed by atoms with E-state index in [-0.39, 0.29) is 17.7 Å². The Morgan fingerprint density at radius 3 is 2.12 bits per heavy atom. The molecule has 2 heterocycles. The van der Waals surface area contributed by atoms with Crippen LogP contribution in [0.15, 0.2) is 85.0 Å². The Bertz CT molecular complexity index is 1030. The Kier molecular flexibility index (Phi) is 5.87. The van der Waals surface area contributed by atoms with Crippen molar-refractivity contribution in [3.8, 4) is 0 Å². The molecule has 1 saturated heterocycles. The lowest BCUT2D eigenvalue weighted by Gasteiger charge is -2.48. The van der Waals surface area contributed by atoms with Crippen LogP contribution in [0.5, 0.6) is 0 Å². The normalized spacial score (nSPS) is 28.1. The van der Waals surface area contributed by atoms with Gasteiger partial charge in [0.05, 0.1) is 29.4 Å². The van der Waals surface area contributed by atoms with E-state index in [0.29, 0.717) is 0 Å². The van der Waals surface area contributed by atoms with Gasteiger partial charge in [0, 0.05) is 7.05 Å². The molecule has 0 radical (unpaired) electrons. The van der Waals surface area contributed by atoms with Crippen LogP contribution < -0.4 is 5.01 Å². The van der Waals surface area contributed by atoms with Gasteiger partial charge in [-0.3, -0.25) is 19.5 Å². The number of aliphatic hydroxyl groups is 1. The summed E-state index contributed by atoms with van der Waals surface area (Å²) in [6.45, 7) is 0. The number of aliphatic hydroxyl groups excluding tert-OH is 1. The van der Waals surface area contributed by atoms with Gasteiger partial charge in [0.15, 0.2) is 0 Å². The summed E-state index contributed by atoms with van der Waals surface area (Å²) in [4.78, 5) is 27.5. The van der Waals surface area contributed by atoms with Crippen LogP contribution in [-0.2, 0) is 9.59 Å². The first kappa shape index (κ1) is 21.6. The maximum absolute atomic E-state index is 13.4. The highest BCUT2D eigenvalue weighted by atomic mass is 16.3. The first-order valence-electron chi connectivity index (χ1n) is 11.6. The lowest BCUT2D eigenvalue weighted by Crippen LogP contribution is -2.62. The Morgan fingerprint density at radius 1 is 0.909 bits per heavy atom. The molecule has 2 aromatic rings. The van der Waals surface area contributed by atoms with Crippen LogP contribution in [0.25, 0.3) is 0 Å². The van der Waals surface area contributed by atoms with E-state index < -0.39 is 24.1 Å². The van der Waals surface area contributed by atoms with E-state index in [1.165, 1.54) is 4.90 Å². The van der Waals surface area contributed by atoms with Gasteiger partial charge in [-0.1, -0.05) is 60.7 Å². The largest absolute Gasteiger partial charge is 0.391 e. The average molecular weight is 444 g/mol. The van der Waals surface area contributed by atoms with Crippen LogP contribution in [-0.4, -0.2) is 52.1 Å². The second kappa shape index (κ2) is 8.96. The third-order valence-electron chi connectivity index (χ3n) is 7.02. The Balaban J connectivity index is 1.65. The van der Waals surface area contributed by atoms with Crippen molar-refractivity contribution in [1.29, 1.82) is 0 Å². The summed E-state index contributed by atoms with van der Waals surface area (Å²) in [5.74, 6) is -0.943. The van der Waals surface area contributed by atoms with Crippen LogP contribution in [0.2, 0.25) is 0 Å². The standard InChI is InChI=1S/C27H29N3O3/c1-28-26(32)22-17-18-23(25(31)19-11-5-2-6-12-19)30(24(22)27(28)33)29(20-13-7-3-8-14-20)21-15-9-4-10-16-21/h2-5,7-10,13-19,22-25,31H,6,11-12H2,1H3. The summed E-state index contributed by atoms with van der Waals surface area (Å²) in [6, 6.07) is 18.5. The molecule has 170 valence electrons. The van der Waals surface area contributed by atoms with Gasteiger partial charge in [-0.2, -0.15) is 5.01 Å². The molecule has 3 aliphatic rings. The highest BCUT2D eigenvalue weighted by molar-refractivity contribution is 6.08. The fourth-order valence-electron chi connectivity index (χ4n) is 5.28. The predicted molar refractivity (Wildman–Crippen MR) is 127 cm³/mol. The van der Waals surface area contributed by atoms with E-state index in [0.717, 1.165) is 30.6 Å². The van der Waals surface area contributed by atoms with Gasteiger partial charge in [0.1, 0.15) is 6.04 Å². The average Bonchev–Trinajstić information content (AvgIpc) is 3.10. The monoisotopic (exact) mass is 443 g/mol. The highest BCUT2D eigenvalue weighted by Crippen LogP contribution is 2.40. The molecule has 33 heavy (non-hydrogen) atoms. The van der Waals surface area contributed by atoms with Crippen LogP contribution in [0.4, 0.5) is 11.4 Å². The molecular formula is C27H29N3O3. The van der Waals surface area contributed by atoms with Crippen LogP contribution in [0.3, 0.4) is 0 Å². The molecule has 2 amide bonds. The lowest BCUT2D eigenvalue weighted by atomic mass is 9.83. The zero-order chi connectivity index (χ0) is 22.9. The number of imide groups is 1. The van der Waals surface area contributed by atoms with E-state index in [9.17, 15) is 14.7 Å². The molecule has 5 atom stereocenters. The van der Waals surface area contributed by atoms with Crippen molar-refractivity contribution in [1.82, 2.24) is 9.91 Å². The lowest BCUT2D eigenvalue weighted by molar-refractivity contribution is -0.138. The van der Waals surface area contributed by atoms with Gasteiger partial charge in [-0.15, -0.1) is 0 Å². The van der Waals surface area contributed by atoms with Crippen molar-refractivity contribution < 1.29 is 14.7 Å². The van der Waals surface area contributed by atoms with E-state index in [1.807, 2.05) is 82.8 Å². The minimum Gasteiger partial charge on any atom is -0.391 e. The number of rotatable bonds is 5. The van der Waals surface area contributed by atoms with Crippen molar-refractivity contribution in [3.63, 3.8) is 0 Å². The number of hydrogen-bond donors (Lipinski definition) is 1. The molecule has 0 aromatic heterocycles. The zero-order valence-corrected chi connectivity index (χ0v) is 18.7. The van der Waals surface area contributed by atoms with Gasteiger partial charge in [-0.25, -0.2) is 0 Å². The number of carbonyl (C=O) groups excluding carboxylic acids is 2. The molecule has 0 spiro atoms. The Labute approximate surface area is 194 Å². The number of nitrogens with zero attached hydrogens (tertiary/aromatic N) is 3. The molecular weight excluding hydrogens is 414 g/mol. The first-order chi connectivity index (χ1) is 16.1. The summed E-state index contributed by atoms with van der Waals surface area (Å²) in [6.07, 6.45) is 9.98. The fourth-order valence-corrected chi connectivity index (χ4v) is 5.28. The molecule has 1 N–H and O–H groups in total. The number of allylic oxidation sites excluding steroid dienone is 2. The third-order valence-corrected chi connectivity index (χ3v) is 7.02. The molecule has 6 nitrogen and oxygen atoms in total. The number of hydrazine groups is 1. The van der Waals surface area contributed by atoms with E-state index >= 15 is 0 Å². The predicted octanol–water partition coefficient (Wildman–Crippen LogP) is 3.68. The number of likely N-dealkylation sites (N-methyl/N-ethyl adjacent to an activating group) is 1. The van der Waals surface area contributed by atoms with E-state index in [2.05, 4.69) is 12.2 Å².